The van der Waals surface area contributed by atoms with E-state index < -0.39 is 0 Å². The van der Waals surface area contributed by atoms with Gasteiger partial charge in [-0.25, -0.2) is 4.99 Å². The van der Waals surface area contributed by atoms with E-state index in [4.69, 9.17) is 16.6 Å². The largest absolute Gasteiger partial charge is 0.375 e. The first-order valence-electron chi connectivity index (χ1n) is 7.77. The third-order valence-corrected chi connectivity index (χ3v) is 7.02. The Morgan fingerprint density at radius 1 is 1.08 bits per heavy atom. The molecule has 1 aliphatic heterocycles. The van der Waals surface area contributed by atoms with Crippen LogP contribution in [0.2, 0.25) is 5.02 Å². The normalized spacial score (nSPS) is 15.6. The van der Waals surface area contributed by atoms with Gasteiger partial charge in [0.1, 0.15) is 4.67 Å². The third kappa shape index (κ3) is 2.69. The Balaban J connectivity index is 1.98. The molecule has 5 heteroatoms. The molecule has 4 rings (SSSR count). The number of hydrogen-bond acceptors (Lipinski definition) is 4. The lowest BCUT2D eigenvalue weighted by molar-refractivity contribution is 0.619. The molecular weight excluding hydrogens is 356 g/mol. The highest BCUT2D eigenvalue weighted by molar-refractivity contribution is 7.68. The fourth-order valence-corrected chi connectivity index (χ4v) is 6.15. The summed E-state index contributed by atoms with van der Waals surface area (Å²) in [5.74, 6) is 0. The van der Waals surface area contributed by atoms with E-state index in [2.05, 4.69) is 44.3 Å². The Morgan fingerprint density at radius 3 is 2.71 bits per heavy atom. The van der Waals surface area contributed by atoms with E-state index >= 15 is 0 Å². The van der Waals surface area contributed by atoms with Crippen molar-refractivity contribution < 1.29 is 0 Å². The monoisotopic (exact) mass is 372 g/mol. The molecule has 0 amide bonds. The van der Waals surface area contributed by atoms with E-state index in [1.807, 2.05) is 24.3 Å². The van der Waals surface area contributed by atoms with Gasteiger partial charge in [0.15, 0.2) is 0 Å². The fourth-order valence-electron chi connectivity index (χ4n) is 3.03. The van der Waals surface area contributed by atoms with Gasteiger partial charge in [0.25, 0.3) is 0 Å². The number of anilines is 1. The standard InChI is InChI=1S/C19H17ClN2S2/c1-11-7-8-14-15(9-11)22-19(2,3)17-16(14)18(24-23-17)21-13-6-4-5-12(20)10-13/h4-10,22H,1-3H3. The molecule has 2 aromatic carbocycles. The molecule has 0 spiro atoms. The van der Waals surface area contributed by atoms with Gasteiger partial charge in [-0.15, -0.1) is 0 Å². The van der Waals surface area contributed by atoms with Crippen molar-refractivity contribution in [2.75, 3.05) is 5.32 Å². The maximum atomic E-state index is 6.11. The summed E-state index contributed by atoms with van der Waals surface area (Å²) in [4.78, 5) is 6.22. The van der Waals surface area contributed by atoms with Crippen molar-refractivity contribution in [3.8, 4) is 11.1 Å². The van der Waals surface area contributed by atoms with Gasteiger partial charge < -0.3 is 5.32 Å². The van der Waals surface area contributed by atoms with Crippen LogP contribution in [0.25, 0.3) is 11.1 Å². The van der Waals surface area contributed by atoms with Crippen LogP contribution in [-0.2, 0) is 5.54 Å². The molecule has 0 bridgehead atoms. The van der Waals surface area contributed by atoms with Crippen LogP contribution in [0.15, 0.2) is 47.5 Å². The summed E-state index contributed by atoms with van der Waals surface area (Å²) < 4.78 is 1.05. The van der Waals surface area contributed by atoms with Gasteiger partial charge >= 0.3 is 0 Å². The highest BCUT2D eigenvalue weighted by Crippen LogP contribution is 2.45. The quantitative estimate of drug-likeness (QED) is 0.496. The molecule has 0 unspecified atom stereocenters. The Labute approximate surface area is 153 Å². The third-order valence-electron chi connectivity index (χ3n) is 4.14. The van der Waals surface area contributed by atoms with Gasteiger partial charge in [-0.1, -0.05) is 50.5 Å². The molecule has 2 nitrogen and oxygen atoms in total. The summed E-state index contributed by atoms with van der Waals surface area (Å²) in [6.45, 7) is 6.57. The zero-order valence-corrected chi connectivity index (χ0v) is 16.1. The number of nitrogens with zero attached hydrogens (tertiary/aromatic N) is 1. The van der Waals surface area contributed by atoms with E-state index in [0.717, 1.165) is 10.4 Å². The Bertz CT molecular complexity index is 999. The Morgan fingerprint density at radius 2 is 1.92 bits per heavy atom. The number of aryl methyl sites for hydroxylation is 1. The Kier molecular flexibility index (Phi) is 3.79. The fraction of sp³-hybridized carbons (Fsp3) is 0.211. The van der Waals surface area contributed by atoms with Gasteiger partial charge in [0.2, 0.25) is 0 Å². The number of rotatable bonds is 1. The molecule has 2 heterocycles. The molecule has 0 aliphatic carbocycles. The predicted octanol–water partition coefficient (Wildman–Crippen LogP) is 6.33. The predicted molar refractivity (Wildman–Crippen MR) is 106 cm³/mol. The van der Waals surface area contributed by atoms with Crippen LogP contribution in [0.1, 0.15) is 24.3 Å². The van der Waals surface area contributed by atoms with Gasteiger partial charge in [-0.2, -0.15) is 0 Å². The molecule has 1 aliphatic rings. The zero-order valence-electron chi connectivity index (χ0n) is 13.7. The molecule has 1 N–H and O–H groups in total. The first-order valence-corrected chi connectivity index (χ1v) is 10.3. The topological polar surface area (TPSA) is 24.4 Å². The van der Waals surface area contributed by atoms with Crippen molar-refractivity contribution in [2.45, 2.75) is 26.3 Å². The van der Waals surface area contributed by atoms with Crippen molar-refractivity contribution in [1.82, 2.24) is 0 Å². The number of nitrogens with one attached hydrogen (secondary N) is 1. The van der Waals surface area contributed by atoms with Gasteiger partial charge in [0, 0.05) is 21.8 Å². The molecule has 0 radical (unpaired) electrons. The van der Waals surface area contributed by atoms with E-state index in [9.17, 15) is 0 Å². The second-order valence-corrected chi connectivity index (χ2v) is 9.13. The first kappa shape index (κ1) is 15.9. The van der Waals surface area contributed by atoms with Crippen LogP contribution >= 0.6 is 32.3 Å². The van der Waals surface area contributed by atoms with Crippen LogP contribution in [0, 0.1) is 6.92 Å². The lowest BCUT2D eigenvalue weighted by Crippen LogP contribution is -2.31. The van der Waals surface area contributed by atoms with E-state index in [0.29, 0.717) is 5.02 Å². The second-order valence-electron chi connectivity index (χ2n) is 6.57. The minimum atomic E-state index is -0.0978. The van der Waals surface area contributed by atoms with Crippen LogP contribution in [0.4, 0.5) is 11.4 Å². The van der Waals surface area contributed by atoms with E-state index in [-0.39, 0.29) is 5.54 Å². The number of halogens is 1. The maximum absolute atomic E-state index is 6.11. The molecule has 0 atom stereocenters. The van der Waals surface area contributed by atoms with E-state index in [1.54, 1.807) is 20.7 Å². The van der Waals surface area contributed by atoms with E-state index in [1.165, 1.54) is 27.3 Å². The van der Waals surface area contributed by atoms with Gasteiger partial charge in [0.05, 0.1) is 16.1 Å². The van der Waals surface area contributed by atoms with Crippen LogP contribution in [-0.4, -0.2) is 0 Å². The zero-order chi connectivity index (χ0) is 16.9. The lowest BCUT2D eigenvalue weighted by atomic mass is 9.89. The first-order chi connectivity index (χ1) is 11.4. The molecule has 0 saturated heterocycles. The summed E-state index contributed by atoms with van der Waals surface area (Å²) in [5, 5.41) is 4.39. The summed E-state index contributed by atoms with van der Waals surface area (Å²) >= 11 is 6.11. The highest BCUT2D eigenvalue weighted by atomic mass is 35.5. The summed E-state index contributed by atoms with van der Waals surface area (Å²) in [5.41, 5.74) is 5.72. The summed E-state index contributed by atoms with van der Waals surface area (Å²) in [6, 6.07) is 14.3. The van der Waals surface area contributed by atoms with Crippen LogP contribution in [0.5, 0.6) is 0 Å². The lowest BCUT2D eigenvalue weighted by Gasteiger charge is -2.33. The van der Waals surface area contributed by atoms with Crippen LogP contribution < -0.4 is 9.99 Å². The van der Waals surface area contributed by atoms with Crippen molar-refractivity contribution in [2.24, 2.45) is 4.99 Å². The SMILES string of the molecule is Cc1ccc2c(c1)NC(C)(C)c1ssc(=Nc3cccc(Cl)c3)c1-2. The van der Waals surface area contributed by atoms with Crippen molar-refractivity contribution >= 4 is 43.7 Å². The molecule has 0 saturated carbocycles. The summed E-state index contributed by atoms with van der Waals surface area (Å²) in [7, 11) is 3.53. The molecule has 0 fully saturated rings. The van der Waals surface area contributed by atoms with Crippen molar-refractivity contribution in [1.29, 1.82) is 0 Å². The molecule has 3 aromatic rings. The van der Waals surface area contributed by atoms with Crippen molar-refractivity contribution in [3.05, 3.63) is 62.6 Å². The smallest absolute Gasteiger partial charge is 0.135 e. The van der Waals surface area contributed by atoms with Crippen molar-refractivity contribution in [3.63, 3.8) is 0 Å². The minimum Gasteiger partial charge on any atom is -0.375 e. The Hall–Kier alpha value is -1.62. The molecular formula is C19H17ClN2S2. The number of hydrogen-bond donors (Lipinski definition) is 1. The number of benzene rings is 2. The average Bonchev–Trinajstić information content (AvgIpc) is 2.91. The molecule has 122 valence electrons. The van der Waals surface area contributed by atoms with Crippen LogP contribution in [0.3, 0.4) is 0 Å². The second kappa shape index (κ2) is 5.73. The average molecular weight is 373 g/mol. The van der Waals surface area contributed by atoms with Gasteiger partial charge in [-0.05, 0) is 50.6 Å². The molecule has 24 heavy (non-hydrogen) atoms. The molecule has 1 aromatic heterocycles. The van der Waals surface area contributed by atoms with Gasteiger partial charge in [-0.3, -0.25) is 0 Å². The minimum absolute atomic E-state index is 0.0978. The highest BCUT2D eigenvalue weighted by Gasteiger charge is 2.33. The maximum Gasteiger partial charge on any atom is 0.135 e. The number of fused-ring (bicyclic) bond motifs is 3. The summed E-state index contributed by atoms with van der Waals surface area (Å²) in [6.07, 6.45) is 0.